The van der Waals surface area contributed by atoms with Crippen LogP contribution < -0.4 is 10.1 Å². The first kappa shape index (κ1) is 21.6. The van der Waals surface area contributed by atoms with Gasteiger partial charge in [0.2, 0.25) is 5.91 Å². The minimum Gasteiger partial charge on any atom is -0.406 e. The van der Waals surface area contributed by atoms with Crippen LogP contribution >= 0.6 is 11.8 Å². The van der Waals surface area contributed by atoms with Crippen molar-refractivity contribution in [1.82, 2.24) is 19.8 Å². The van der Waals surface area contributed by atoms with Crippen LogP contribution in [0.25, 0.3) is 17.0 Å². The predicted octanol–water partition coefficient (Wildman–Crippen LogP) is 4.56. The van der Waals surface area contributed by atoms with E-state index in [0.29, 0.717) is 27.7 Å². The molecule has 0 bridgehead atoms. The number of ether oxygens (including phenoxy) is 1. The van der Waals surface area contributed by atoms with Crippen LogP contribution in [0.4, 0.5) is 23.2 Å². The number of amides is 1. The van der Waals surface area contributed by atoms with E-state index in [4.69, 9.17) is 0 Å². The number of nitrogens with one attached hydrogen (secondary N) is 1. The maximum absolute atomic E-state index is 13.5. The van der Waals surface area contributed by atoms with Crippen LogP contribution in [-0.4, -0.2) is 37.8 Å². The highest BCUT2D eigenvalue weighted by molar-refractivity contribution is 7.99. The number of carbonyl (C=O) groups is 1. The van der Waals surface area contributed by atoms with Gasteiger partial charge in [-0.25, -0.2) is 4.39 Å². The minimum absolute atomic E-state index is 0.00324. The third-order valence-corrected chi connectivity index (χ3v) is 4.96. The highest BCUT2D eigenvalue weighted by Crippen LogP contribution is 2.25. The number of anilines is 1. The lowest BCUT2D eigenvalue weighted by atomic mass is 10.2. The van der Waals surface area contributed by atoms with E-state index in [1.807, 2.05) is 0 Å². The summed E-state index contributed by atoms with van der Waals surface area (Å²) in [6.45, 7) is 0. The maximum atomic E-state index is 13.5. The number of thioether (sulfide) groups is 1. The van der Waals surface area contributed by atoms with Crippen LogP contribution in [0.5, 0.6) is 5.75 Å². The van der Waals surface area contributed by atoms with Gasteiger partial charge in [-0.2, -0.15) is 9.61 Å². The van der Waals surface area contributed by atoms with Gasteiger partial charge in [0.25, 0.3) is 0 Å². The van der Waals surface area contributed by atoms with Crippen LogP contribution in [0, 0.1) is 5.82 Å². The van der Waals surface area contributed by atoms with Gasteiger partial charge in [-0.05, 0) is 48.5 Å². The van der Waals surface area contributed by atoms with Crippen LogP contribution in [0.3, 0.4) is 0 Å². The fourth-order valence-corrected chi connectivity index (χ4v) is 3.39. The molecule has 0 fully saturated rings. The molecule has 2 aromatic carbocycles. The Labute approximate surface area is 182 Å². The molecule has 7 nitrogen and oxygen atoms in total. The van der Waals surface area contributed by atoms with E-state index in [-0.39, 0.29) is 17.4 Å². The van der Waals surface area contributed by atoms with Crippen molar-refractivity contribution in [2.45, 2.75) is 11.4 Å². The third kappa shape index (κ3) is 5.32. The summed E-state index contributed by atoms with van der Waals surface area (Å²) in [5.74, 6) is -0.829. The fourth-order valence-electron chi connectivity index (χ4n) is 2.73. The SMILES string of the molecule is O=C(CSc1ccc2nnc(-c3cccc(F)c3)n2n1)Nc1ccc(OC(F)(F)F)cc1. The molecule has 0 saturated heterocycles. The summed E-state index contributed by atoms with van der Waals surface area (Å²) in [5, 5.41) is 15.5. The Kier molecular flexibility index (Phi) is 5.95. The average molecular weight is 463 g/mol. The summed E-state index contributed by atoms with van der Waals surface area (Å²) in [5.41, 5.74) is 1.28. The van der Waals surface area contributed by atoms with Crippen molar-refractivity contribution in [2.75, 3.05) is 11.1 Å². The Morgan fingerprint density at radius 1 is 1.06 bits per heavy atom. The number of benzene rings is 2. The molecule has 32 heavy (non-hydrogen) atoms. The van der Waals surface area contributed by atoms with Gasteiger partial charge in [-0.1, -0.05) is 23.9 Å². The summed E-state index contributed by atoms with van der Waals surface area (Å²) < 4.78 is 55.4. The highest BCUT2D eigenvalue weighted by atomic mass is 32.2. The first-order valence-corrected chi connectivity index (χ1v) is 10.0. The first-order chi connectivity index (χ1) is 15.3. The number of rotatable bonds is 6. The molecule has 4 aromatic rings. The summed E-state index contributed by atoms with van der Waals surface area (Å²) in [6.07, 6.45) is -4.78. The number of hydrogen-bond donors (Lipinski definition) is 1. The van der Waals surface area contributed by atoms with Gasteiger partial charge in [0, 0.05) is 11.3 Å². The van der Waals surface area contributed by atoms with Gasteiger partial charge in [0.15, 0.2) is 11.5 Å². The molecule has 0 radical (unpaired) electrons. The normalized spacial score (nSPS) is 11.5. The smallest absolute Gasteiger partial charge is 0.406 e. The molecule has 0 unspecified atom stereocenters. The first-order valence-electron chi connectivity index (χ1n) is 9.04. The van der Waals surface area contributed by atoms with E-state index < -0.39 is 12.2 Å². The molecular formula is C20H13F4N5O2S. The van der Waals surface area contributed by atoms with Crippen molar-refractivity contribution in [1.29, 1.82) is 0 Å². The Morgan fingerprint density at radius 3 is 2.56 bits per heavy atom. The summed E-state index contributed by atoms with van der Waals surface area (Å²) >= 11 is 1.14. The Hall–Kier alpha value is -3.67. The molecule has 4 rings (SSSR count). The van der Waals surface area contributed by atoms with E-state index in [0.717, 1.165) is 23.9 Å². The summed E-state index contributed by atoms with van der Waals surface area (Å²) in [7, 11) is 0. The molecule has 0 aliphatic rings. The zero-order valence-electron chi connectivity index (χ0n) is 16.0. The van der Waals surface area contributed by atoms with E-state index in [1.165, 1.54) is 28.8 Å². The van der Waals surface area contributed by atoms with Gasteiger partial charge in [0.1, 0.15) is 16.6 Å². The minimum atomic E-state index is -4.78. The predicted molar refractivity (Wildman–Crippen MR) is 109 cm³/mol. The molecule has 1 N–H and O–H groups in total. The number of fused-ring (bicyclic) bond motifs is 1. The lowest BCUT2D eigenvalue weighted by molar-refractivity contribution is -0.274. The lowest BCUT2D eigenvalue weighted by Crippen LogP contribution is -2.17. The molecule has 1 amide bonds. The Balaban J connectivity index is 1.40. The number of carbonyl (C=O) groups excluding carboxylic acids is 1. The van der Waals surface area contributed by atoms with E-state index in [1.54, 1.807) is 24.3 Å². The third-order valence-electron chi connectivity index (χ3n) is 4.04. The molecule has 0 aliphatic heterocycles. The van der Waals surface area contributed by atoms with Crippen LogP contribution in [0.1, 0.15) is 0 Å². The van der Waals surface area contributed by atoms with E-state index in [9.17, 15) is 22.4 Å². The van der Waals surface area contributed by atoms with Crippen LogP contribution in [0.2, 0.25) is 0 Å². The standard InChI is InChI=1S/C20H13F4N5O2S/c21-13-3-1-2-12(10-13)19-27-26-16-8-9-18(28-29(16)19)32-11-17(30)25-14-4-6-15(7-5-14)31-20(22,23)24/h1-10H,11H2,(H,25,30). The lowest BCUT2D eigenvalue weighted by Gasteiger charge is -2.10. The number of aromatic nitrogens is 4. The largest absolute Gasteiger partial charge is 0.573 e. The Morgan fingerprint density at radius 2 is 1.84 bits per heavy atom. The zero-order chi connectivity index (χ0) is 22.7. The number of halogens is 4. The zero-order valence-corrected chi connectivity index (χ0v) is 16.8. The van der Waals surface area contributed by atoms with Gasteiger partial charge in [0.05, 0.1) is 5.75 Å². The molecule has 0 atom stereocenters. The van der Waals surface area contributed by atoms with Gasteiger partial charge >= 0.3 is 6.36 Å². The van der Waals surface area contributed by atoms with Crippen molar-refractivity contribution in [3.63, 3.8) is 0 Å². The number of hydrogen-bond acceptors (Lipinski definition) is 6. The summed E-state index contributed by atoms with van der Waals surface area (Å²) in [4.78, 5) is 12.2. The average Bonchev–Trinajstić information content (AvgIpc) is 3.16. The van der Waals surface area contributed by atoms with Gasteiger partial charge in [-0.15, -0.1) is 23.4 Å². The van der Waals surface area contributed by atoms with Crippen molar-refractivity contribution >= 4 is 29.0 Å². The Bertz CT molecular complexity index is 1260. The second kappa shape index (κ2) is 8.83. The van der Waals surface area contributed by atoms with Crippen LogP contribution in [-0.2, 0) is 4.79 Å². The number of nitrogens with zero attached hydrogens (tertiary/aromatic N) is 4. The maximum Gasteiger partial charge on any atom is 0.573 e. The van der Waals surface area contributed by atoms with E-state index >= 15 is 0 Å². The van der Waals surface area contributed by atoms with Gasteiger partial charge in [-0.3, -0.25) is 4.79 Å². The van der Waals surface area contributed by atoms with E-state index in [2.05, 4.69) is 25.3 Å². The van der Waals surface area contributed by atoms with Crippen LogP contribution in [0.15, 0.2) is 65.7 Å². The van der Waals surface area contributed by atoms with Gasteiger partial charge < -0.3 is 10.1 Å². The van der Waals surface area contributed by atoms with Crippen molar-refractivity contribution in [3.8, 4) is 17.1 Å². The number of alkyl halides is 3. The van der Waals surface area contributed by atoms with Crippen molar-refractivity contribution < 1.29 is 27.1 Å². The van der Waals surface area contributed by atoms with Crippen molar-refractivity contribution in [2.24, 2.45) is 0 Å². The molecular weight excluding hydrogens is 450 g/mol. The molecule has 2 heterocycles. The second-order valence-electron chi connectivity index (χ2n) is 6.38. The molecule has 2 aromatic heterocycles. The highest BCUT2D eigenvalue weighted by Gasteiger charge is 2.30. The molecule has 0 spiro atoms. The fraction of sp³-hybridized carbons (Fsp3) is 0.100. The van der Waals surface area contributed by atoms with Crippen molar-refractivity contribution in [3.05, 3.63) is 66.5 Å². The summed E-state index contributed by atoms with van der Waals surface area (Å²) in [6, 6.07) is 14.0. The monoisotopic (exact) mass is 463 g/mol. The molecule has 0 aliphatic carbocycles. The molecule has 12 heteroatoms. The molecule has 0 saturated carbocycles. The second-order valence-corrected chi connectivity index (χ2v) is 7.38. The quantitative estimate of drug-likeness (QED) is 0.334. The topological polar surface area (TPSA) is 81.4 Å². The molecule has 164 valence electrons.